The van der Waals surface area contributed by atoms with Gasteiger partial charge in [-0.1, -0.05) is 29.3 Å². The van der Waals surface area contributed by atoms with Crippen LogP contribution in [0.15, 0.2) is 18.2 Å². The summed E-state index contributed by atoms with van der Waals surface area (Å²) in [5.74, 6) is -0.0545. The Kier molecular flexibility index (Phi) is 6.65. The van der Waals surface area contributed by atoms with E-state index in [0.717, 1.165) is 6.42 Å². The highest BCUT2D eigenvalue weighted by Gasteiger charge is 2.16. The van der Waals surface area contributed by atoms with Gasteiger partial charge in [-0.3, -0.25) is 4.79 Å². The average Bonchev–Trinajstić information content (AvgIpc) is 2.34. The van der Waals surface area contributed by atoms with Gasteiger partial charge in [-0.2, -0.15) is 0 Å². The van der Waals surface area contributed by atoms with Gasteiger partial charge in [0.2, 0.25) is 0 Å². The SMILES string of the molecule is COCCCC(N)C(=O)Cc1c(Cl)cccc1Cl. The van der Waals surface area contributed by atoms with Gasteiger partial charge in [0.05, 0.1) is 6.04 Å². The van der Waals surface area contributed by atoms with Gasteiger partial charge in [0.15, 0.2) is 5.78 Å². The number of hydrogen-bond acceptors (Lipinski definition) is 3. The van der Waals surface area contributed by atoms with E-state index >= 15 is 0 Å². The Bertz CT molecular complexity index is 390. The molecule has 0 saturated carbocycles. The molecule has 0 bridgehead atoms. The number of benzene rings is 1. The number of ether oxygens (including phenoxy) is 1. The number of ketones is 1. The summed E-state index contributed by atoms with van der Waals surface area (Å²) in [4.78, 5) is 11.9. The molecule has 0 radical (unpaired) electrons. The van der Waals surface area contributed by atoms with Gasteiger partial charge in [-0.25, -0.2) is 0 Å². The fourth-order valence-electron chi connectivity index (χ4n) is 1.62. The third-order valence-electron chi connectivity index (χ3n) is 2.69. The van der Waals surface area contributed by atoms with Crippen molar-refractivity contribution in [2.24, 2.45) is 5.73 Å². The Balaban J connectivity index is 2.58. The molecule has 100 valence electrons. The smallest absolute Gasteiger partial charge is 0.153 e. The molecule has 2 N–H and O–H groups in total. The van der Waals surface area contributed by atoms with E-state index in [1.54, 1.807) is 25.3 Å². The molecular weight excluding hydrogens is 273 g/mol. The van der Waals surface area contributed by atoms with Crippen molar-refractivity contribution in [3.8, 4) is 0 Å². The predicted octanol–water partition coefficient (Wildman–Crippen LogP) is 2.86. The Labute approximate surface area is 117 Å². The van der Waals surface area contributed by atoms with E-state index in [9.17, 15) is 4.79 Å². The van der Waals surface area contributed by atoms with Crippen LogP contribution >= 0.6 is 23.2 Å². The number of halogens is 2. The van der Waals surface area contributed by atoms with Crippen LogP contribution in [0.1, 0.15) is 18.4 Å². The normalized spacial score (nSPS) is 12.4. The Hall–Kier alpha value is -0.610. The van der Waals surface area contributed by atoms with Gasteiger partial charge in [0, 0.05) is 30.2 Å². The number of rotatable bonds is 7. The summed E-state index contributed by atoms with van der Waals surface area (Å²) >= 11 is 12.0. The second-order valence-electron chi connectivity index (χ2n) is 4.08. The topological polar surface area (TPSA) is 52.3 Å². The lowest BCUT2D eigenvalue weighted by atomic mass is 10.0. The van der Waals surface area contributed by atoms with E-state index in [0.29, 0.717) is 28.6 Å². The second kappa shape index (κ2) is 7.74. The molecule has 0 aliphatic rings. The number of hydrogen-bond donors (Lipinski definition) is 1. The van der Waals surface area contributed by atoms with Gasteiger partial charge in [0.1, 0.15) is 0 Å². The lowest BCUT2D eigenvalue weighted by Crippen LogP contribution is -2.32. The lowest BCUT2D eigenvalue weighted by molar-refractivity contribution is -0.119. The summed E-state index contributed by atoms with van der Waals surface area (Å²) < 4.78 is 4.92. The van der Waals surface area contributed by atoms with Gasteiger partial charge in [-0.15, -0.1) is 0 Å². The molecule has 1 aromatic rings. The van der Waals surface area contributed by atoms with Gasteiger partial charge < -0.3 is 10.5 Å². The highest BCUT2D eigenvalue weighted by Crippen LogP contribution is 2.25. The van der Waals surface area contributed by atoms with Crippen LogP contribution in [0.2, 0.25) is 10.0 Å². The standard InChI is InChI=1S/C13H17Cl2NO2/c1-18-7-3-6-12(16)13(17)8-9-10(14)4-2-5-11(9)15/h2,4-5,12H,3,6-8,16H2,1H3. The molecule has 0 aliphatic carbocycles. The van der Waals surface area contributed by atoms with Crippen molar-refractivity contribution >= 4 is 29.0 Å². The first-order valence-electron chi connectivity index (χ1n) is 5.76. The molecule has 0 amide bonds. The van der Waals surface area contributed by atoms with E-state index in [1.165, 1.54) is 0 Å². The maximum absolute atomic E-state index is 11.9. The van der Waals surface area contributed by atoms with Gasteiger partial charge >= 0.3 is 0 Å². The monoisotopic (exact) mass is 289 g/mol. The summed E-state index contributed by atoms with van der Waals surface area (Å²) in [5, 5.41) is 1.000. The van der Waals surface area contributed by atoms with Crippen LogP contribution in [-0.2, 0) is 16.0 Å². The molecule has 0 aromatic heterocycles. The number of nitrogens with two attached hydrogens (primary N) is 1. The first-order chi connectivity index (χ1) is 8.56. The van der Waals surface area contributed by atoms with Gasteiger partial charge in [0.25, 0.3) is 0 Å². The van der Waals surface area contributed by atoms with Crippen molar-refractivity contribution in [3.05, 3.63) is 33.8 Å². The molecular formula is C13H17Cl2NO2. The highest BCUT2D eigenvalue weighted by molar-refractivity contribution is 6.36. The van der Waals surface area contributed by atoms with E-state index in [1.807, 2.05) is 0 Å². The summed E-state index contributed by atoms with van der Waals surface area (Å²) in [7, 11) is 1.62. The van der Waals surface area contributed by atoms with Crippen LogP contribution < -0.4 is 5.73 Å². The Morgan fingerprint density at radius 2 is 2.00 bits per heavy atom. The molecule has 0 heterocycles. The summed E-state index contributed by atoms with van der Waals surface area (Å²) in [6.45, 7) is 0.605. The minimum absolute atomic E-state index is 0.0545. The molecule has 1 aromatic carbocycles. The first kappa shape index (κ1) is 15.4. The van der Waals surface area contributed by atoms with Crippen LogP contribution in [0.3, 0.4) is 0 Å². The molecule has 5 heteroatoms. The Morgan fingerprint density at radius 3 is 2.56 bits per heavy atom. The average molecular weight is 290 g/mol. The maximum atomic E-state index is 11.9. The first-order valence-corrected chi connectivity index (χ1v) is 6.52. The van der Waals surface area contributed by atoms with E-state index in [4.69, 9.17) is 33.7 Å². The van der Waals surface area contributed by atoms with Crippen molar-refractivity contribution < 1.29 is 9.53 Å². The molecule has 18 heavy (non-hydrogen) atoms. The van der Waals surface area contributed by atoms with E-state index in [-0.39, 0.29) is 12.2 Å². The van der Waals surface area contributed by atoms with Crippen LogP contribution in [0.5, 0.6) is 0 Å². The molecule has 0 fully saturated rings. The molecule has 0 saturated heterocycles. The van der Waals surface area contributed by atoms with Crippen LogP contribution in [-0.4, -0.2) is 25.5 Å². The third kappa shape index (κ3) is 4.58. The summed E-state index contributed by atoms with van der Waals surface area (Å²) in [6.07, 6.45) is 1.54. The molecule has 0 spiro atoms. The molecule has 1 atom stereocenters. The highest BCUT2D eigenvalue weighted by atomic mass is 35.5. The van der Waals surface area contributed by atoms with E-state index in [2.05, 4.69) is 0 Å². The van der Waals surface area contributed by atoms with Crippen molar-refractivity contribution in [1.82, 2.24) is 0 Å². The zero-order chi connectivity index (χ0) is 13.5. The maximum Gasteiger partial charge on any atom is 0.153 e. The molecule has 3 nitrogen and oxygen atoms in total. The largest absolute Gasteiger partial charge is 0.385 e. The molecule has 1 unspecified atom stereocenters. The zero-order valence-electron chi connectivity index (χ0n) is 10.3. The van der Waals surface area contributed by atoms with Crippen LogP contribution in [0.25, 0.3) is 0 Å². The van der Waals surface area contributed by atoms with Crippen molar-refractivity contribution in [2.45, 2.75) is 25.3 Å². The number of carbonyl (C=O) groups excluding carboxylic acids is 1. The van der Waals surface area contributed by atoms with Crippen molar-refractivity contribution in [3.63, 3.8) is 0 Å². The van der Waals surface area contributed by atoms with Crippen LogP contribution in [0, 0.1) is 0 Å². The fraction of sp³-hybridized carbons (Fsp3) is 0.462. The quantitative estimate of drug-likeness (QED) is 0.786. The van der Waals surface area contributed by atoms with Crippen LogP contribution in [0.4, 0.5) is 0 Å². The fourth-order valence-corrected chi connectivity index (χ4v) is 2.15. The van der Waals surface area contributed by atoms with Crippen molar-refractivity contribution in [2.75, 3.05) is 13.7 Å². The van der Waals surface area contributed by atoms with Gasteiger partial charge in [-0.05, 0) is 30.5 Å². The Morgan fingerprint density at radius 1 is 1.39 bits per heavy atom. The number of methoxy groups -OCH3 is 1. The lowest BCUT2D eigenvalue weighted by Gasteiger charge is -2.12. The second-order valence-corrected chi connectivity index (χ2v) is 4.90. The molecule has 1 rings (SSSR count). The number of Topliss-reactive ketones (excluding diaryl/α,β-unsaturated/α-hetero) is 1. The summed E-state index contributed by atoms with van der Waals surface area (Å²) in [5.41, 5.74) is 6.46. The summed E-state index contributed by atoms with van der Waals surface area (Å²) in [6, 6.07) is 4.68. The minimum Gasteiger partial charge on any atom is -0.385 e. The third-order valence-corrected chi connectivity index (χ3v) is 3.40. The zero-order valence-corrected chi connectivity index (χ0v) is 11.8. The number of carbonyl (C=O) groups is 1. The predicted molar refractivity (Wildman–Crippen MR) is 74.3 cm³/mol. The van der Waals surface area contributed by atoms with Crippen molar-refractivity contribution in [1.29, 1.82) is 0 Å². The van der Waals surface area contributed by atoms with E-state index < -0.39 is 6.04 Å². The molecule has 0 aliphatic heterocycles. The minimum atomic E-state index is -0.493.